The number of ether oxygens (including phenoxy) is 3. The normalized spacial score (nSPS) is 20.5. The van der Waals surface area contributed by atoms with E-state index in [1.807, 2.05) is 12.1 Å². The van der Waals surface area contributed by atoms with Crippen molar-refractivity contribution >= 4 is 28.2 Å². The van der Waals surface area contributed by atoms with E-state index in [-0.39, 0.29) is 30.7 Å². The van der Waals surface area contributed by atoms with Crippen LogP contribution in [0.2, 0.25) is 0 Å². The van der Waals surface area contributed by atoms with Gasteiger partial charge in [-0.15, -0.1) is 0 Å². The highest BCUT2D eigenvalue weighted by Gasteiger charge is 2.49. The van der Waals surface area contributed by atoms with E-state index in [9.17, 15) is 10.1 Å². The Morgan fingerprint density at radius 2 is 1.91 bits per heavy atom. The average molecular weight is 638 g/mol. The lowest BCUT2D eigenvalue weighted by Gasteiger charge is -2.42. The molecule has 1 amide bonds. The predicted octanol–water partition coefficient (Wildman–Crippen LogP) is 4.30. The maximum Gasteiger partial charge on any atom is 0.318 e. The zero-order valence-electron chi connectivity index (χ0n) is 27.2. The molecular weight excluding hydrogens is 594 g/mol. The van der Waals surface area contributed by atoms with Crippen LogP contribution in [-0.4, -0.2) is 97.0 Å². The molecule has 1 saturated carbocycles. The molecule has 4 heterocycles. The number of likely N-dealkylation sites (tertiary alicyclic amines) is 1. The molecule has 0 unspecified atom stereocenters. The second kappa shape index (κ2) is 13.4. The van der Waals surface area contributed by atoms with Crippen molar-refractivity contribution < 1.29 is 19.0 Å². The summed E-state index contributed by atoms with van der Waals surface area (Å²) in [5.74, 6) is 1.46. The molecule has 0 bridgehead atoms. The Bertz CT molecular complexity index is 1680. The Morgan fingerprint density at radius 1 is 1.09 bits per heavy atom. The maximum absolute atomic E-state index is 12.6. The van der Waals surface area contributed by atoms with E-state index >= 15 is 0 Å². The zero-order chi connectivity index (χ0) is 32.4. The van der Waals surface area contributed by atoms with Crippen LogP contribution in [0.5, 0.6) is 11.8 Å². The molecule has 0 spiro atoms. The van der Waals surface area contributed by atoms with E-state index in [4.69, 9.17) is 24.2 Å². The first kappa shape index (κ1) is 31.2. The fourth-order valence-electron chi connectivity index (χ4n) is 7.48. The van der Waals surface area contributed by atoms with Crippen molar-refractivity contribution in [2.45, 2.75) is 56.7 Å². The number of fused-ring (bicyclic) bond motifs is 2. The summed E-state index contributed by atoms with van der Waals surface area (Å²) in [4.78, 5) is 31.7. The first-order valence-corrected chi connectivity index (χ1v) is 16.7. The van der Waals surface area contributed by atoms with Crippen molar-refractivity contribution in [3.05, 3.63) is 60.3 Å². The number of amides is 1. The number of carbonyl (C=O) groups is 1. The van der Waals surface area contributed by atoms with Crippen molar-refractivity contribution in [1.29, 1.82) is 5.26 Å². The number of nitriles is 1. The number of hydrogen-bond acceptors (Lipinski definition) is 10. The minimum atomic E-state index is -0.250. The van der Waals surface area contributed by atoms with Gasteiger partial charge >= 0.3 is 6.01 Å². The monoisotopic (exact) mass is 637 g/mol. The third-order valence-corrected chi connectivity index (χ3v) is 10.2. The number of rotatable bonds is 11. The molecule has 2 aromatic carbocycles. The summed E-state index contributed by atoms with van der Waals surface area (Å²) in [7, 11) is 1.62. The molecule has 2 saturated heterocycles. The Balaban J connectivity index is 1.22. The van der Waals surface area contributed by atoms with E-state index in [2.05, 4.69) is 51.6 Å². The molecule has 7 rings (SSSR count). The third-order valence-electron chi connectivity index (χ3n) is 10.2. The number of hydrogen-bond donors (Lipinski definition) is 0. The van der Waals surface area contributed by atoms with Crippen LogP contribution in [0.15, 0.2) is 49.1 Å². The summed E-state index contributed by atoms with van der Waals surface area (Å²) in [5.41, 5.74) is 3.22. The summed E-state index contributed by atoms with van der Waals surface area (Å²) < 4.78 is 17.6. The highest BCUT2D eigenvalue weighted by atomic mass is 16.7. The number of nitrogens with zero attached hydrogens (tertiary/aromatic N) is 7. The molecule has 4 aliphatic rings. The molecule has 3 fully saturated rings. The van der Waals surface area contributed by atoms with Crippen LogP contribution in [0.3, 0.4) is 0 Å². The fourth-order valence-corrected chi connectivity index (χ4v) is 7.48. The summed E-state index contributed by atoms with van der Waals surface area (Å²) in [6.07, 6.45) is 7.09. The SMILES string of the molecule is C=CC(=O)N1CCN(c2nc(OCC3(N4CCCC4)CC3)nc3c2CCN(c2cc(OCOC)cc4ccccc24)C3)C[C@@H]1CC#N. The number of benzene rings is 2. The average Bonchev–Trinajstić information content (AvgIpc) is 3.69. The zero-order valence-corrected chi connectivity index (χ0v) is 27.2. The van der Waals surface area contributed by atoms with Crippen LogP contribution in [-0.2, 0) is 22.5 Å². The second-order valence-corrected chi connectivity index (χ2v) is 13.0. The van der Waals surface area contributed by atoms with Gasteiger partial charge in [0.05, 0.1) is 36.3 Å². The second-order valence-electron chi connectivity index (χ2n) is 13.0. The molecular formula is C36H43N7O4. The highest BCUT2D eigenvalue weighted by molar-refractivity contribution is 5.96. The Labute approximate surface area is 276 Å². The predicted molar refractivity (Wildman–Crippen MR) is 180 cm³/mol. The van der Waals surface area contributed by atoms with Crippen LogP contribution in [0, 0.1) is 11.3 Å². The Kier molecular flexibility index (Phi) is 8.88. The largest absolute Gasteiger partial charge is 0.467 e. The molecule has 11 heteroatoms. The number of piperazine rings is 1. The number of methoxy groups -OCH3 is 1. The minimum Gasteiger partial charge on any atom is -0.467 e. The van der Waals surface area contributed by atoms with Gasteiger partial charge in [-0.05, 0) is 62.7 Å². The first-order chi connectivity index (χ1) is 23.0. The molecule has 1 aliphatic carbocycles. The third kappa shape index (κ3) is 6.32. The van der Waals surface area contributed by atoms with Gasteiger partial charge in [0.1, 0.15) is 18.2 Å². The van der Waals surface area contributed by atoms with Gasteiger partial charge in [-0.3, -0.25) is 9.69 Å². The smallest absolute Gasteiger partial charge is 0.318 e. The van der Waals surface area contributed by atoms with E-state index in [1.54, 1.807) is 12.0 Å². The standard InChI is InChI=1S/C36H43N7O4/c1-3-33(44)43-19-18-41(22-27(43)10-14-37)34-30-11-17-40(32-21-28(47-25-45-2)20-26-8-4-5-9-29(26)32)23-31(30)38-35(39-34)46-24-36(12-13-36)42-15-6-7-16-42/h3-5,8-9,20-21,27H,1,6-7,10-13,15-19,22-25H2,2H3/t27-/m0/s1. The van der Waals surface area contributed by atoms with E-state index < -0.39 is 0 Å². The molecule has 3 aliphatic heterocycles. The van der Waals surface area contributed by atoms with E-state index in [0.717, 1.165) is 78.2 Å². The summed E-state index contributed by atoms with van der Waals surface area (Å²) >= 11 is 0. The molecule has 11 nitrogen and oxygen atoms in total. The van der Waals surface area contributed by atoms with Gasteiger partial charge < -0.3 is 28.9 Å². The lowest BCUT2D eigenvalue weighted by atomic mass is 10.0. The van der Waals surface area contributed by atoms with Gasteiger partial charge in [-0.25, -0.2) is 0 Å². The topological polar surface area (TPSA) is 107 Å². The molecule has 3 aromatic rings. The van der Waals surface area contributed by atoms with Crippen LogP contribution < -0.4 is 19.3 Å². The van der Waals surface area contributed by atoms with E-state index in [0.29, 0.717) is 38.8 Å². The Hall–Kier alpha value is -4.40. The number of aromatic nitrogens is 2. The molecule has 1 aromatic heterocycles. The van der Waals surface area contributed by atoms with Gasteiger partial charge in [0.25, 0.3) is 0 Å². The molecule has 246 valence electrons. The molecule has 47 heavy (non-hydrogen) atoms. The van der Waals surface area contributed by atoms with Gasteiger partial charge in [-0.2, -0.15) is 15.2 Å². The lowest BCUT2D eigenvalue weighted by Crippen LogP contribution is -2.55. The van der Waals surface area contributed by atoms with Crippen molar-refractivity contribution in [3.63, 3.8) is 0 Å². The summed E-state index contributed by atoms with van der Waals surface area (Å²) in [5, 5.41) is 11.8. The van der Waals surface area contributed by atoms with E-state index in [1.165, 1.54) is 18.9 Å². The maximum atomic E-state index is 12.6. The van der Waals surface area contributed by atoms with Gasteiger partial charge in [0, 0.05) is 56.0 Å². The van der Waals surface area contributed by atoms with Gasteiger partial charge in [0.2, 0.25) is 5.91 Å². The van der Waals surface area contributed by atoms with Crippen LogP contribution >= 0.6 is 0 Å². The fraction of sp³-hybridized carbons (Fsp3) is 0.500. The van der Waals surface area contributed by atoms with Gasteiger partial charge in [-0.1, -0.05) is 30.8 Å². The van der Waals surface area contributed by atoms with Crippen LogP contribution in [0.1, 0.15) is 43.4 Å². The number of anilines is 2. The van der Waals surface area contributed by atoms with Crippen molar-refractivity contribution in [1.82, 2.24) is 19.8 Å². The van der Waals surface area contributed by atoms with Crippen LogP contribution in [0.25, 0.3) is 10.8 Å². The number of carbonyl (C=O) groups excluding carboxylic acids is 1. The van der Waals surface area contributed by atoms with Gasteiger partial charge in [0.15, 0.2) is 6.79 Å². The molecule has 1 atom stereocenters. The summed E-state index contributed by atoms with van der Waals surface area (Å²) in [6.45, 7) is 9.67. The van der Waals surface area contributed by atoms with Crippen LogP contribution in [0.4, 0.5) is 11.5 Å². The molecule has 0 N–H and O–H groups in total. The highest BCUT2D eigenvalue weighted by Crippen LogP contribution is 2.44. The van der Waals surface area contributed by atoms with Crippen molar-refractivity contribution in [3.8, 4) is 17.8 Å². The van der Waals surface area contributed by atoms with Crippen molar-refractivity contribution in [2.24, 2.45) is 0 Å². The Morgan fingerprint density at radius 3 is 2.68 bits per heavy atom. The molecule has 0 radical (unpaired) electrons. The summed E-state index contributed by atoms with van der Waals surface area (Å²) in [6, 6.07) is 14.9. The minimum absolute atomic E-state index is 0.0953. The quantitative estimate of drug-likeness (QED) is 0.223. The lowest BCUT2D eigenvalue weighted by molar-refractivity contribution is -0.128. The van der Waals surface area contributed by atoms with Crippen molar-refractivity contribution in [2.75, 3.05) is 69.6 Å². The first-order valence-electron chi connectivity index (χ1n) is 16.7.